The van der Waals surface area contributed by atoms with Crippen LogP contribution in [0.3, 0.4) is 0 Å². The molecule has 0 atom stereocenters. The van der Waals surface area contributed by atoms with Gasteiger partial charge in [-0.25, -0.2) is 5.43 Å². The van der Waals surface area contributed by atoms with Gasteiger partial charge in [-0.3, -0.25) is 9.59 Å². The van der Waals surface area contributed by atoms with Crippen molar-refractivity contribution in [3.8, 4) is 5.75 Å². The number of phenols is 1. The van der Waals surface area contributed by atoms with E-state index in [1.807, 2.05) is 19.1 Å². The summed E-state index contributed by atoms with van der Waals surface area (Å²) in [4.78, 5) is 23.4. The Morgan fingerprint density at radius 3 is 2.50 bits per heavy atom. The van der Waals surface area contributed by atoms with Crippen LogP contribution in [0.5, 0.6) is 5.75 Å². The van der Waals surface area contributed by atoms with Gasteiger partial charge in [0, 0.05) is 5.69 Å². The van der Waals surface area contributed by atoms with Crippen LogP contribution >= 0.6 is 11.6 Å². The Balaban J connectivity index is 1.89. The summed E-state index contributed by atoms with van der Waals surface area (Å²) in [7, 11) is 0. The fraction of sp³-hybridized carbons (Fsp3) is 0.118. The molecule has 0 bridgehead atoms. The molecule has 0 saturated carbocycles. The number of nitrogens with one attached hydrogen (secondary N) is 2. The minimum absolute atomic E-state index is 0.0497. The van der Waals surface area contributed by atoms with Gasteiger partial charge in [0.25, 0.3) is 0 Å². The van der Waals surface area contributed by atoms with Gasteiger partial charge in [-0.15, -0.1) is 0 Å². The molecule has 0 aliphatic heterocycles. The first-order chi connectivity index (χ1) is 11.5. The Labute approximate surface area is 144 Å². The third-order valence-corrected chi connectivity index (χ3v) is 3.48. The molecule has 3 N–H and O–H groups in total. The first-order valence-corrected chi connectivity index (χ1v) is 7.59. The molecule has 24 heavy (non-hydrogen) atoms. The number of halogens is 1. The van der Waals surface area contributed by atoms with Crippen LogP contribution in [0.4, 0.5) is 5.69 Å². The molecule has 2 aromatic carbocycles. The summed E-state index contributed by atoms with van der Waals surface area (Å²) >= 11 is 5.75. The van der Waals surface area contributed by atoms with Crippen molar-refractivity contribution in [2.24, 2.45) is 5.10 Å². The van der Waals surface area contributed by atoms with E-state index in [1.54, 1.807) is 18.2 Å². The summed E-state index contributed by atoms with van der Waals surface area (Å²) in [6, 6.07) is 11.6. The van der Waals surface area contributed by atoms with Crippen molar-refractivity contribution in [1.82, 2.24) is 5.43 Å². The largest absolute Gasteiger partial charge is 0.506 e. The van der Waals surface area contributed by atoms with Crippen molar-refractivity contribution in [2.45, 2.75) is 13.3 Å². The van der Waals surface area contributed by atoms with E-state index in [9.17, 15) is 14.7 Å². The van der Waals surface area contributed by atoms with Gasteiger partial charge in [0.1, 0.15) is 5.75 Å². The van der Waals surface area contributed by atoms with Crippen molar-refractivity contribution < 1.29 is 14.7 Å². The molecule has 0 aliphatic carbocycles. The molecule has 0 spiro atoms. The van der Waals surface area contributed by atoms with Gasteiger partial charge in [0.15, 0.2) is 0 Å². The van der Waals surface area contributed by atoms with Crippen LogP contribution in [0.1, 0.15) is 18.1 Å². The van der Waals surface area contributed by atoms with Crippen molar-refractivity contribution in [2.75, 3.05) is 5.32 Å². The van der Waals surface area contributed by atoms with Crippen LogP contribution in [0.15, 0.2) is 47.6 Å². The van der Waals surface area contributed by atoms with Crippen LogP contribution in [0, 0.1) is 0 Å². The summed E-state index contributed by atoms with van der Waals surface area (Å²) in [5, 5.41) is 15.6. The number of hydrogen-bond donors (Lipinski definition) is 3. The summed E-state index contributed by atoms with van der Waals surface area (Å²) < 4.78 is 0. The molecule has 0 aromatic heterocycles. The van der Waals surface area contributed by atoms with Crippen LogP contribution in [0.25, 0.3) is 0 Å². The summed E-state index contributed by atoms with van der Waals surface area (Å²) in [5.41, 5.74) is 4.35. The monoisotopic (exact) mass is 345 g/mol. The van der Waals surface area contributed by atoms with Crippen LogP contribution < -0.4 is 10.7 Å². The zero-order valence-corrected chi connectivity index (χ0v) is 13.7. The predicted octanol–water partition coefficient (Wildman–Crippen LogP) is 2.70. The number of carbonyl (C=O) groups is 2. The molecular weight excluding hydrogens is 330 g/mol. The zero-order chi connectivity index (χ0) is 17.5. The summed E-state index contributed by atoms with van der Waals surface area (Å²) in [6.07, 6.45) is 2.21. The highest BCUT2D eigenvalue weighted by molar-refractivity contribution is 6.39. The fourth-order valence-corrected chi connectivity index (χ4v) is 2.02. The SMILES string of the molecule is CCc1ccc(NC(=O)C(=O)N/N=C\c2ccc(O)c(Cl)c2)cc1. The fourth-order valence-electron chi connectivity index (χ4n) is 1.83. The lowest BCUT2D eigenvalue weighted by atomic mass is 10.1. The Bertz CT molecular complexity index is 773. The lowest BCUT2D eigenvalue weighted by Gasteiger charge is -2.04. The van der Waals surface area contributed by atoms with Gasteiger partial charge < -0.3 is 10.4 Å². The molecule has 0 unspecified atom stereocenters. The molecule has 7 heteroatoms. The maximum Gasteiger partial charge on any atom is 0.329 e. The maximum atomic E-state index is 11.8. The topological polar surface area (TPSA) is 90.8 Å². The van der Waals surface area contributed by atoms with Gasteiger partial charge in [-0.05, 0) is 47.9 Å². The third kappa shape index (κ3) is 4.82. The van der Waals surface area contributed by atoms with E-state index >= 15 is 0 Å². The predicted molar refractivity (Wildman–Crippen MR) is 93.3 cm³/mol. The second kappa shape index (κ2) is 8.12. The standard InChI is InChI=1S/C17H16ClN3O3/c1-2-11-3-6-13(7-4-11)20-16(23)17(24)21-19-10-12-5-8-15(22)14(18)9-12/h3-10,22H,2H2,1H3,(H,20,23)(H,21,24)/b19-10-. The highest BCUT2D eigenvalue weighted by Crippen LogP contribution is 2.22. The molecule has 6 nitrogen and oxygen atoms in total. The van der Waals surface area contributed by atoms with Gasteiger partial charge >= 0.3 is 11.8 Å². The second-order valence-corrected chi connectivity index (χ2v) is 5.32. The molecule has 0 radical (unpaired) electrons. The van der Waals surface area contributed by atoms with E-state index in [4.69, 9.17) is 11.6 Å². The molecule has 2 amide bonds. The average molecular weight is 346 g/mol. The van der Waals surface area contributed by atoms with Crippen LogP contribution in [-0.4, -0.2) is 23.1 Å². The third-order valence-electron chi connectivity index (χ3n) is 3.18. The van der Waals surface area contributed by atoms with E-state index in [-0.39, 0.29) is 10.8 Å². The number of benzene rings is 2. The van der Waals surface area contributed by atoms with Gasteiger partial charge in [-0.1, -0.05) is 30.7 Å². The molecule has 0 aliphatic rings. The average Bonchev–Trinajstić information content (AvgIpc) is 2.58. The number of phenolic OH excluding ortho intramolecular Hbond substituents is 1. The minimum atomic E-state index is -0.893. The number of nitrogens with zero attached hydrogens (tertiary/aromatic N) is 1. The smallest absolute Gasteiger partial charge is 0.329 e. The Morgan fingerprint density at radius 2 is 1.88 bits per heavy atom. The minimum Gasteiger partial charge on any atom is -0.506 e. The second-order valence-electron chi connectivity index (χ2n) is 4.91. The van der Waals surface area contributed by atoms with Gasteiger partial charge in [-0.2, -0.15) is 5.10 Å². The van der Waals surface area contributed by atoms with Crippen molar-refractivity contribution in [1.29, 1.82) is 0 Å². The summed E-state index contributed by atoms with van der Waals surface area (Å²) in [5.74, 6) is -1.76. The lowest BCUT2D eigenvalue weighted by Crippen LogP contribution is -2.32. The number of amides is 2. The summed E-state index contributed by atoms with van der Waals surface area (Å²) in [6.45, 7) is 2.03. The van der Waals surface area contributed by atoms with Gasteiger partial charge in [0.05, 0.1) is 11.2 Å². The van der Waals surface area contributed by atoms with Crippen molar-refractivity contribution >= 4 is 35.3 Å². The molecule has 2 aromatic rings. The number of hydrazone groups is 1. The number of anilines is 1. The number of rotatable bonds is 4. The molecule has 0 fully saturated rings. The molecule has 124 valence electrons. The number of carbonyl (C=O) groups excluding carboxylic acids is 2. The first kappa shape index (κ1) is 17.5. The zero-order valence-electron chi connectivity index (χ0n) is 12.9. The Kier molecular flexibility index (Phi) is 5.92. The number of aryl methyl sites for hydroxylation is 1. The van der Waals surface area contributed by atoms with Crippen LogP contribution in [0.2, 0.25) is 5.02 Å². The molecular formula is C17H16ClN3O3. The highest BCUT2D eigenvalue weighted by Gasteiger charge is 2.12. The highest BCUT2D eigenvalue weighted by atomic mass is 35.5. The number of aromatic hydroxyl groups is 1. The lowest BCUT2D eigenvalue weighted by molar-refractivity contribution is -0.136. The molecule has 2 rings (SSSR count). The Hall–Kier alpha value is -2.86. The van der Waals surface area contributed by atoms with Crippen molar-refractivity contribution in [3.63, 3.8) is 0 Å². The normalized spacial score (nSPS) is 10.6. The van der Waals surface area contributed by atoms with E-state index in [0.717, 1.165) is 12.0 Å². The van der Waals surface area contributed by atoms with E-state index in [1.165, 1.54) is 18.3 Å². The van der Waals surface area contributed by atoms with E-state index in [0.29, 0.717) is 11.3 Å². The Morgan fingerprint density at radius 1 is 1.17 bits per heavy atom. The number of hydrogen-bond acceptors (Lipinski definition) is 4. The maximum absolute atomic E-state index is 11.8. The quantitative estimate of drug-likeness (QED) is 0.452. The molecule has 0 saturated heterocycles. The van der Waals surface area contributed by atoms with E-state index in [2.05, 4.69) is 15.8 Å². The first-order valence-electron chi connectivity index (χ1n) is 7.21. The molecule has 0 heterocycles. The van der Waals surface area contributed by atoms with Crippen molar-refractivity contribution in [3.05, 3.63) is 58.6 Å². The van der Waals surface area contributed by atoms with Crippen LogP contribution in [-0.2, 0) is 16.0 Å². The van der Waals surface area contributed by atoms with E-state index < -0.39 is 11.8 Å². The van der Waals surface area contributed by atoms with Gasteiger partial charge in [0.2, 0.25) is 0 Å².